The lowest BCUT2D eigenvalue weighted by molar-refractivity contribution is -0.156. The van der Waals surface area contributed by atoms with Crippen LogP contribution < -0.4 is 5.32 Å². The first-order valence-corrected chi connectivity index (χ1v) is 4.15. The van der Waals surface area contributed by atoms with Gasteiger partial charge in [-0.1, -0.05) is 6.08 Å². The van der Waals surface area contributed by atoms with Gasteiger partial charge in [-0.05, 0) is 12.8 Å². The van der Waals surface area contributed by atoms with Crippen molar-refractivity contribution in [3.05, 3.63) is 12.7 Å². The minimum Gasteiger partial charge on any atom is -0.468 e. The molecule has 0 aromatic rings. The number of carbonyl (C=O) groups is 2. The van der Waals surface area contributed by atoms with Crippen LogP contribution in [0, 0.1) is 5.41 Å². The van der Waals surface area contributed by atoms with Gasteiger partial charge in [-0.15, -0.1) is 6.58 Å². The van der Waals surface area contributed by atoms with Crippen LogP contribution in [0.5, 0.6) is 0 Å². The molecule has 1 amide bonds. The zero-order valence-corrected chi connectivity index (χ0v) is 7.63. The number of rotatable bonds is 3. The van der Waals surface area contributed by atoms with Crippen molar-refractivity contribution in [3.63, 3.8) is 0 Å². The quantitative estimate of drug-likeness (QED) is 0.387. The Labute approximate surface area is 76.9 Å². The molecule has 1 N–H and O–H groups in total. The molecular formula is C9H13NO3. The Hall–Kier alpha value is -1.32. The van der Waals surface area contributed by atoms with Crippen molar-refractivity contribution < 1.29 is 14.3 Å². The highest BCUT2D eigenvalue weighted by atomic mass is 16.5. The molecule has 1 rings (SSSR count). The van der Waals surface area contributed by atoms with Crippen molar-refractivity contribution in [3.8, 4) is 0 Å². The molecule has 1 heterocycles. The van der Waals surface area contributed by atoms with Crippen LogP contribution in [0.1, 0.15) is 12.8 Å². The zero-order valence-electron chi connectivity index (χ0n) is 7.63. The number of esters is 1. The summed E-state index contributed by atoms with van der Waals surface area (Å²) < 4.78 is 4.61. The summed E-state index contributed by atoms with van der Waals surface area (Å²) >= 11 is 0. The van der Waals surface area contributed by atoms with Gasteiger partial charge in [0.15, 0.2) is 5.41 Å². The number of ether oxygens (including phenoxy) is 1. The summed E-state index contributed by atoms with van der Waals surface area (Å²) in [4.78, 5) is 22.8. The van der Waals surface area contributed by atoms with Crippen LogP contribution in [-0.4, -0.2) is 25.5 Å². The predicted molar refractivity (Wildman–Crippen MR) is 46.9 cm³/mol. The van der Waals surface area contributed by atoms with E-state index in [-0.39, 0.29) is 5.91 Å². The second-order valence-electron chi connectivity index (χ2n) is 3.07. The molecule has 4 nitrogen and oxygen atoms in total. The van der Waals surface area contributed by atoms with E-state index in [1.165, 1.54) is 7.11 Å². The summed E-state index contributed by atoms with van der Waals surface area (Å²) in [6, 6.07) is 0. The SMILES string of the molecule is C=CCC1(C(=O)OC)CCNC1=O. The van der Waals surface area contributed by atoms with E-state index in [1.807, 2.05) is 0 Å². The van der Waals surface area contributed by atoms with Gasteiger partial charge < -0.3 is 10.1 Å². The lowest BCUT2D eigenvalue weighted by Crippen LogP contribution is -2.39. The number of carbonyl (C=O) groups excluding carboxylic acids is 2. The fourth-order valence-electron chi connectivity index (χ4n) is 1.59. The van der Waals surface area contributed by atoms with Crippen LogP contribution in [-0.2, 0) is 14.3 Å². The Morgan fingerprint density at radius 2 is 2.54 bits per heavy atom. The van der Waals surface area contributed by atoms with Gasteiger partial charge >= 0.3 is 5.97 Å². The van der Waals surface area contributed by atoms with Crippen LogP contribution >= 0.6 is 0 Å². The molecule has 0 radical (unpaired) electrons. The van der Waals surface area contributed by atoms with E-state index in [0.29, 0.717) is 19.4 Å². The van der Waals surface area contributed by atoms with Gasteiger partial charge in [0.1, 0.15) is 0 Å². The highest BCUT2D eigenvalue weighted by Crippen LogP contribution is 2.32. The largest absolute Gasteiger partial charge is 0.468 e. The van der Waals surface area contributed by atoms with Gasteiger partial charge in [-0.2, -0.15) is 0 Å². The molecule has 0 saturated carbocycles. The van der Waals surface area contributed by atoms with Gasteiger partial charge in [-0.3, -0.25) is 9.59 Å². The third-order valence-electron chi connectivity index (χ3n) is 2.34. The third kappa shape index (κ3) is 1.43. The molecule has 1 saturated heterocycles. The highest BCUT2D eigenvalue weighted by Gasteiger charge is 2.49. The molecular weight excluding hydrogens is 170 g/mol. The number of hydrogen-bond acceptors (Lipinski definition) is 3. The molecule has 72 valence electrons. The minimum absolute atomic E-state index is 0.251. The van der Waals surface area contributed by atoms with Gasteiger partial charge in [0.2, 0.25) is 5.91 Å². The summed E-state index contributed by atoms with van der Waals surface area (Å²) in [6.45, 7) is 4.06. The number of allylic oxidation sites excluding steroid dienone is 1. The van der Waals surface area contributed by atoms with E-state index in [4.69, 9.17) is 0 Å². The summed E-state index contributed by atoms with van der Waals surface area (Å²) in [7, 11) is 1.29. The van der Waals surface area contributed by atoms with Gasteiger partial charge in [-0.25, -0.2) is 0 Å². The van der Waals surface area contributed by atoms with Crippen LogP contribution in [0.3, 0.4) is 0 Å². The second kappa shape index (κ2) is 3.60. The Balaban J connectivity index is 2.92. The molecule has 1 aliphatic rings. The molecule has 4 heteroatoms. The van der Waals surface area contributed by atoms with Gasteiger partial charge in [0, 0.05) is 6.54 Å². The standard InChI is InChI=1S/C9H13NO3/c1-3-4-9(8(12)13-2)5-6-10-7(9)11/h3H,1,4-6H2,2H3,(H,10,11). The summed E-state index contributed by atoms with van der Waals surface area (Å²) in [5.74, 6) is -0.721. The van der Waals surface area contributed by atoms with Crippen molar-refractivity contribution in [1.82, 2.24) is 5.32 Å². The fraction of sp³-hybridized carbons (Fsp3) is 0.556. The maximum absolute atomic E-state index is 11.4. The van der Waals surface area contributed by atoms with Crippen LogP contribution in [0.4, 0.5) is 0 Å². The average Bonchev–Trinajstić information content (AvgIpc) is 2.48. The van der Waals surface area contributed by atoms with E-state index in [0.717, 1.165) is 0 Å². The maximum atomic E-state index is 11.4. The molecule has 0 aromatic heterocycles. The van der Waals surface area contributed by atoms with Crippen molar-refractivity contribution in [2.75, 3.05) is 13.7 Å². The minimum atomic E-state index is -1.02. The molecule has 0 spiro atoms. The molecule has 13 heavy (non-hydrogen) atoms. The van der Waals surface area contributed by atoms with Gasteiger partial charge in [0.25, 0.3) is 0 Å². The average molecular weight is 183 g/mol. The van der Waals surface area contributed by atoms with E-state index in [2.05, 4.69) is 16.6 Å². The Morgan fingerprint density at radius 3 is 2.92 bits per heavy atom. The number of nitrogens with one attached hydrogen (secondary N) is 1. The normalized spacial score (nSPS) is 26.7. The first-order chi connectivity index (χ1) is 6.17. The lowest BCUT2D eigenvalue weighted by Gasteiger charge is -2.20. The number of amides is 1. The smallest absolute Gasteiger partial charge is 0.321 e. The Kier molecular flexibility index (Phi) is 2.70. The van der Waals surface area contributed by atoms with Gasteiger partial charge in [0.05, 0.1) is 7.11 Å². The highest BCUT2D eigenvalue weighted by molar-refractivity contribution is 6.04. The second-order valence-corrected chi connectivity index (χ2v) is 3.07. The summed E-state index contributed by atoms with van der Waals surface area (Å²) in [6.07, 6.45) is 2.40. The van der Waals surface area contributed by atoms with E-state index in [1.54, 1.807) is 6.08 Å². The molecule has 1 atom stereocenters. The third-order valence-corrected chi connectivity index (χ3v) is 2.34. The van der Waals surface area contributed by atoms with Crippen molar-refractivity contribution in [2.24, 2.45) is 5.41 Å². The first-order valence-electron chi connectivity index (χ1n) is 4.15. The fourth-order valence-corrected chi connectivity index (χ4v) is 1.59. The van der Waals surface area contributed by atoms with Crippen LogP contribution in [0.2, 0.25) is 0 Å². The lowest BCUT2D eigenvalue weighted by atomic mass is 9.83. The molecule has 1 unspecified atom stereocenters. The van der Waals surface area contributed by atoms with Crippen molar-refractivity contribution in [2.45, 2.75) is 12.8 Å². The Morgan fingerprint density at radius 1 is 1.85 bits per heavy atom. The van der Waals surface area contributed by atoms with E-state index < -0.39 is 11.4 Å². The van der Waals surface area contributed by atoms with E-state index >= 15 is 0 Å². The van der Waals surface area contributed by atoms with Crippen LogP contribution in [0.25, 0.3) is 0 Å². The van der Waals surface area contributed by atoms with Crippen molar-refractivity contribution >= 4 is 11.9 Å². The predicted octanol–water partition coefficient (Wildman–Crippen LogP) is 0.242. The maximum Gasteiger partial charge on any atom is 0.321 e. The molecule has 0 aromatic carbocycles. The van der Waals surface area contributed by atoms with Crippen molar-refractivity contribution in [1.29, 1.82) is 0 Å². The molecule has 1 aliphatic heterocycles. The number of hydrogen-bond donors (Lipinski definition) is 1. The number of methoxy groups -OCH3 is 1. The Bertz CT molecular complexity index is 249. The molecule has 1 fully saturated rings. The monoisotopic (exact) mass is 183 g/mol. The topological polar surface area (TPSA) is 55.4 Å². The first kappa shape index (κ1) is 9.77. The zero-order chi connectivity index (χ0) is 9.90. The molecule has 0 aliphatic carbocycles. The van der Waals surface area contributed by atoms with E-state index in [9.17, 15) is 9.59 Å². The van der Waals surface area contributed by atoms with Crippen LogP contribution in [0.15, 0.2) is 12.7 Å². The summed E-state index contributed by atoms with van der Waals surface area (Å²) in [5.41, 5.74) is -1.02. The summed E-state index contributed by atoms with van der Waals surface area (Å²) in [5, 5.41) is 2.62. The molecule has 0 bridgehead atoms.